The molecule has 2 heterocycles. The van der Waals surface area contributed by atoms with Crippen LogP contribution in [0.15, 0.2) is 12.4 Å². The Morgan fingerprint density at radius 1 is 1.56 bits per heavy atom. The van der Waals surface area contributed by atoms with Gasteiger partial charge in [-0.1, -0.05) is 6.92 Å². The molecule has 0 radical (unpaired) electrons. The molecule has 0 amide bonds. The minimum absolute atomic E-state index is 0.440. The molecule has 1 N–H and O–H groups in total. The number of aromatic nitrogens is 2. The summed E-state index contributed by atoms with van der Waals surface area (Å²) in [4.78, 5) is 4.32. The number of rotatable bonds is 4. The summed E-state index contributed by atoms with van der Waals surface area (Å²) in [5, 5.41) is 3.45. The van der Waals surface area contributed by atoms with Crippen LogP contribution in [0.4, 0.5) is 5.95 Å². The first-order valence-electron chi connectivity index (χ1n) is 5.92. The minimum atomic E-state index is -0.585. The molecule has 1 aromatic heterocycles. The van der Waals surface area contributed by atoms with Gasteiger partial charge in [-0.05, 0) is 19.3 Å². The Bertz CT molecular complexity index is 354. The second-order valence-electron chi connectivity index (χ2n) is 4.21. The van der Waals surface area contributed by atoms with E-state index in [1.54, 1.807) is 0 Å². The summed E-state index contributed by atoms with van der Waals surface area (Å²) in [7, 11) is -0.585. The van der Waals surface area contributed by atoms with E-state index in [4.69, 9.17) is 0 Å². The third kappa shape index (κ3) is 2.84. The van der Waals surface area contributed by atoms with E-state index in [-0.39, 0.29) is 0 Å². The summed E-state index contributed by atoms with van der Waals surface area (Å²) in [6.07, 6.45) is 6.93. The van der Waals surface area contributed by atoms with Crippen molar-refractivity contribution in [3.63, 3.8) is 0 Å². The van der Waals surface area contributed by atoms with E-state index in [1.165, 1.54) is 0 Å². The molecule has 0 spiro atoms. The molecule has 0 atom stereocenters. The highest BCUT2D eigenvalue weighted by Crippen LogP contribution is 2.15. The highest BCUT2D eigenvalue weighted by atomic mass is 32.2. The summed E-state index contributed by atoms with van der Waals surface area (Å²) in [5.41, 5.74) is 0. The smallest absolute Gasteiger partial charge is 0.202 e. The number of hydrogen-bond donors (Lipinski definition) is 1. The molecule has 90 valence electrons. The first kappa shape index (κ1) is 11.6. The van der Waals surface area contributed by atoms with Crippen molar-refractivity contribution in [1.29, 1.82) is 0 Å². The van der Waals surface area contributed by atoms with E-state index in [2.05, 4.69) is 21.8 Å². The van der Waals surface area contributed by atoms with Crippen LogP contribution >= 0.6 is 0 Å². The van der Waals surface area contributed by atoms with Gasteiger partial charge in [-0.15, -0.1) is 0 Å². The third-order valence-corrected chi connectivity index (χ3v) is 4.28. The van der Waals surface area contributed by atoms with Crippen LogP contribution in [0.2, 0.25) is 0 Å². The van der Waals surface area contributed by atoms with E-state index in [0.717, 1.165) is 43.3 Å². The summed E-state index contributed by atoms with van der Waals surface area (Å²) < 4.78 is 13.4. The number of anilines is 1. The van der Waals surface area contributed by atoms with Crippen molar-refractivity contribution in [2.45, 2.75) is 38.8 Å². The average Bonchev–Trinajstić information content (AvgIpc) is 2.70. The minimum Gasteiger partial charge on any atom is -0.353 e. The normalized spacial score (nSPS) is 25.6. The van der Waals surface area contributed by atoms with Crippen molar-refractivity contribution < 1.29 is 4.21 Å². The van der Waals surface area contributed by atoms with Crippen LogP contribution in [-0.2, 0) is 17.3 Å². The lowest BCUT2D eigenvalue weighted by Gasteiger charge is -2.23. The van der Waals surface area contributed by atoms with Crippen molar-refractivity contribution in [2.75, 3.05) is 16.8 Å². The number of nitrogens with zero attached hydrogens (tertiary/aromatic N) is 2. The predicted molar refractivity (Wildman–Crippen MR) is 67.0 cm³/mol. The van der Waals surface area contributed by atoms with E-state index in [1.807, 2.05) is 12.4 Å². The number of nitrogens with one attached hydrogen (secondary N) is 1. The second kappa shape index (κ2) is 5.48. The standard InChI is InChI=1S/C11H19N3OS/c1-2-6-14-7-5-12-11(14)13-10-3-8-16(15)9-4-10/h5,7,10H,2-4,6,8-9H2,1H3,(H,12,13). The predicted octanol–water partition coefficient (Wildman–Crippen LogP) is 1.62. The SMILES string of the molecule is CCCn1ccnc1NC1CCS(=O)CC1. The molecule has 1 saturated heterocycles. The zero-order chi connectivity index (χ0) is 11.4. The van der Waals surface area contributed by atoms with Gasteiger partial charge >= 0.3 is 0 Å². The van der Waals surface area contributed by atoms with E-state index in [0.29, 0.717) is 6.04 Å². The van der Waals surface area contributed by atoms with E-state index in [9.17, 15) is 4.21 Å². The maximum Gasteiger partial charge on any atom is 0.202 e. The molecule has 2 rings (SSSR count). The Hall–Kier alpha value is -0.840. The molecule has 0 saturated carbocycles. The molecule has 1 fully saturated rings. The lowest BCUT2D eigenvalue weighted by Crippen LogP contribution is -2.30. The molecule has 1 aliphatic rings. The van der Waals surface area contributed by atoms with Gasteiger partial charge in [-0.25, -0.2) is 4.98 Å². The molecule has 5 heteroatoms. The maximum absolute atomic E-state index is 11.2. The van der Waals surface area contributed by atoms with Gasteiger partial charge in [0.05, 0.1) is 0 Å². The van der Waals surface area contributed by atoms with E-state index < -0.39 is 10.8 Å². The van der Waals surface area contributed by atoms with Crippen molar-refractivity contribution >= 4 is 16.7 Å². The second-order valence-corrected chi connectivity index (χ2v) is 5.91. The summed E-state index contributed by atoms with van der Waals surface area (Å²) in [6.45, 7) is 3.16. The molecule has 0 unspecified atom stereocenters. The Morgan fingerprint density at radius 2 is 2.31 bits per heavy atom. The first-order chi connectivity index (χ1) is 7.79. The molecule has 16 heavy (non-hydrogen) atoms. The number of imidazole rings is 1. The molecule has 0 aromatic carbocycles. The van der Waals surface area contributed by atoms with Crippen LogP contribution in [0.1, 0.15) is 26.2 Å². The molecule has 0 bridgehead atoms. The highest BCUT2D eigenvalue weighted by Gasteiger charge is 2.18. The number of aryl methyl sites for hydroxylation is 1. The molecule has 1 aliphatic heterocycles. The van der Waals surface area contributed by atoms with Gasteiger partial charge in [0.25, 0.3) is 0 Å². The van der Waals surface area contributed by atoms with Crippen LogP contribution in [0.5, 0.6) is 0 Å². The van der Waals surface area contributed by atoms with Crippen molar-refractivity contribution in [1.82, 2.24) is 9.55 Å². The Kier molecular flexibility index (Phi) is 3.98. The fraction of sp³-hybridized carbons (Fsp3) is 0.727. The summed E-state index contributed by atoms with van der Waals surface area (Å²) in [5.74, 6) is 2.61. The Labute approximate surface area is 98.9 Å². The van der Waals surface area contributed by atoms with Crippen LogP contribution in [0.3, 0.4) is 0 Å². The van der Waals surface area contributed by atoms with E-state index >= 15 is 0 Å². The van der Waals surface area contributed by atoms with Crippen LogP contribution < -0.4 is 5.32 Å². The van der Waals surface area contributed by atoms with Gasteiger partial charge < -0.3 is 9.88 Å². The zero-order valence-corrected chi connectivity index (χ0v) is 10.5. The molecular formula is C11H19N3OS. The van der Waals surface area contributed by atoms with Gasteiger partial charge in [0.15, 0.2) is 0 Å². The quantitative estimate of drug-likeness (QED) is 0.871. The number of hydrogen-bond acceptors (Lipinski definition) is 3. The zero-order valence-electron chi connectivity index (χ0n) is 9.69. The fourth-order valence-electron chi connectivity index (χ4n) is 1.99. The molecule has 4 nitrogen and oxygen atoms in total. The van der Waals surface area contributed by atoms with Gasteiger partial charge in [0.1, 0.15) is 0 Å². The molecule has 1 aromatic rings. The first-order valence-corrected chi connectivity index (χ1v) is 7.41. The summed E-state index contributed by atoms with van der Waals surface area (Å²) >= 11 is 0. The van der Waals surface area contributed by atoms with Crippen molar-refractivity contribution in [2.24, 2.45) is 0 Å². The lowest BCUT2D eigenvalue weighted by molar-refractivity contribution is 0.608. The van der Waals surface area contributed by atoms with Gasteiger partial charge in [-0.2, -0.15) is 0 Å². The van der Waals surface area contributed by atoms with Crippen molar-refractivity contribution in [3.8, 4) is 0 Å². The fourth-order valence-corrected chi connectivity index (χ4v) is 3.29. The van der Waals surface area contributed by atoms with Crippen LogP contribution in [0.25, 0.3) is 0 Å². The van der Waals surface area contributed by atoms with Crippen LogP contribution in [0, 0.1) is 0 Å². The lowest BCUT2D eigenvalue weighted by atomic mass is 10.2. The third-order valence-electron chi connectivity index (χ3n) is 2.90. The van der Waals surface area contributed by atoms with Gasteiger partial charge in [0.2, 0.25) is 5.95 Å². The average molecular weight is 241 g/mol. The van der Waals surface area contributed by atoms with Gasteiger partial charge in [0, 0.05) is 47.3 Å². The van der Waals surface area contributed by atoms with Crippen molar-refractivity contribution in [3.05, 3.63) is 12.4 Å². The maximum atomic E-state index is 11.2. The Balaban J connectivity index is 1.93. The van der Waals surface area contributed by atoms with Gasteiger partial charge in [-0.3, -0.25) is 4.21 Å². The largest absolute Gasteiger partial charge is 0.353 e. The summed E-state index contributed by atoms with van der Waals surface area (Å²) in [6, 6.07) is 0.440. The highest BCUT2D eigenvalue weighted by molar-refractivity contribution is 7.85. The Morgan fingerprint density at radius 3 is 3.00 bits per heavy atom. The topological polar surface area (TPSA) is 46.9 Å². The monoisotopic (exact) mass is 241 g/mol. The van der Waals surface area contributed by atoms with Crippen LogP contribution in [-0.4, -0.2) is 31.3 Å². The molecule has 0 aliphatic carbocycles. The molecular weight excluding hydrogens is 222 g/mol.